The normalized spacial score (nSPS) is 12.3. The van der Waals surface area contributed by atoms with E-state index in [1.54, 1.807) is 0 Å². The number of rotatable bonds is 7. The Kier molecular flexibility index (Phi) is 17.3. The molecule has 144 heavy (non-hydrogen) atoms. The number of hydrogen-bond acceptors (Lipinski definition) is 8. The Labute approximate surface area is 840 Å². The molecule has 670 valence electrons. The van der Waals surface area contributed by atoms with E-state index >= 15 is 0 Å². The average Bonchev–Trinajstić information content (AvgIpc) is 1.56. The zero-order valence-corrected chi connectivity index (χ0v) is 80.9. The SMILES string of the molecule is c1ccc2c(c1)sc1c2ccc2c1c1ccccc1n2-c1ccc2oc3c(-c4cccc5sc6ccccc6c45)cccc3c2c1.c1ccc2c(c1)sc1cc3c4ccccc4n(-c4ccc5oc6c(-c7cccc8sc9ccccc9c78)cccc6c5c4)c3cc12.c1ccc2c(c1)sc1cccc(-c3cccc4c3oc3ccc(-n5c6ccccc6c6cc(-n7c8ccccc8c8ccccc87)ccc65)cc34)c12. The molecule has 0 radical (unpaired) electrons. The molecule has 7 nitrogen and oxygen atoms in total. The zero-order chi connectivity index (χ0) is 93.8. The van der Waals surface area contributed by atoms with Crippen LogP contribution in [0.2, 0.25) is 0 Å². The van der Waals surface area contributed by atoms with Crippen LogP contribution in [0.25, 0.3) is 310 Å². The minimum Gasteiger partial charge on any atom is -0.455 e. The molecule has 0 aliphatic rings. The highest BCUT2D eigenvalue weighted by Gasteiger charge is 2.27. The molecule has 34 rings (SSSR count). The van der Waals surface area contributed by atoms with E-state index in [0.29, 0.717) is 0 Å². The summed E-state index contributed by atoms with van der Waals surface area (Å²) in [5.74, 6) is 0. The van der Waals surface area contributed by atoms with Crippen molar-refractivity contribution in [3.63, 3.8) is 0 Å². The summed E-state index contributed by atoms with van der Waals surface area (Å²) in [5.41, 5.74) is 26.7. The van der Waals surface area contributed by atoms with Gasteiger partial charge in [-0.1, -0.05) is 279 Å². The molecule has 22 aromatic carbocycles. The first-order valence-electron chi connectivity index (χ1n) is 48.7. The summed E-state index contributed by atoms with van der Waals surface area (Å²) >= 11 is 9.32. The van der Waals surface area contributed by atoms with Gasteiger partial charge in [-0.2, -0.15) is 0 Å². The smallest absolute Gasteiger partial charge is 0.143 e. The monoisotopic (exact) mass is 1920 g/mol. The predicted octanol–water partition coefficient (Wildman–Crippen LogP) is 40.0. The highest BCUT2D eigenvalue weighted by molar-refractivity contribution is 7.28. The topological polar surface area (TPSA) is 59.1 Å². The molecule has 34 aromatic rings. The summed E-state index contributed by atoms with van der Waals surface area (Å²) in [6, 6.07) is 163. The van der Waals surface area contributed by atoms with Crippen LogP contribution in [-0.4, -0.2) is 18.3 Å². The third kappa shape index (κ3) is 11.8. The number of benzene rings is 22. The predicted molar refractivity (Wildman–Crippen MR) is 619 cm³/mol. The molecule has 12 aromatic heterocycles. The van der Waals surface area contributed by atoms with Crippen LogP contribution in [0.5, 0.6) is 0 Å². The Morgan fingerprint density at radius 3 is 0.847 bits per heavy atom. The van der Waals surface area contributed by atoms with Crippen molar-refractivity contribution in [1.29, 1.82) is 0 Å². The van der Waals surface area contributed by atoms with Gasteiger partial charge in [-0.05, 0) is 187 Å². The molecule has 12 heteroatoms. The first-order chi connectivity index (χ1) is 71.4. The molecule has 0 saturated carbocycles. The number of hydrogen-bond donors (Lipinski definition) is 0. The number of thiophene rings is 5. The van der Waals surface area contributed by atoms with Gasteiger partial charge in [0.1, 0.15) is 33.5 Å². The molecule has 0 saturated heterocycles. The summed E-state index contributed by atoms with van der Waals surface area (Å²) in [7, 11) is 0. The van der Waals surface area contributed by atoms with Crippen LogP contribution in [0.1, 0.15) is 0 Å². The lowest BCUT2D eigenvalue weighted by Gasteiger charge is -2.10. The van der Waals surface area contributed by atoms with Gasteiger partial charge in [0.2, 0.25) is 0 Å². The summed E-state index contributed by atoms with van der Waals surface area (Å²) in [6.45, 7) is 0. The first kappa shape index (κ1) is 80.4. The molecule has 0 amide bonds. The number of aromatic nitrogens is 4. The van der Waals surface area contributed by atoms with Gasteiger partial charge in [-0.25, -0.2) is 0 Å². The molecule has 0 atom stereocenters. The van der Waals surface area contributed by atoms with Crippen molar-refractivity contribution < 1.29 is 13.3 Å². The van der Waals surface area contributed by atoms with Gasteiger partial charge in [0.25, 0.3) is 0 Å². The summed E-state index contributed by atoms with van der Waals surface area (Å²) in [6.07, 6.45) is 0. The van der Waals surface area contributed by atoms with Crippen LogP contribution in [0.15, 0.2) is 462 Å². The van der Waals surface area contributed by atoms with Crippen molar-refractivity contribution in [3.05, 3.63) is 449 Å². The lowest BCUT2D eigenvalue weighted by molar-refractivity contribution is 0.669. The number of para-hydroxylation sites is 8. The van der Waals surface area contributed by atoms with Gasteiger partial charge in [0.15, 0.2) is 0 Å². The van der Waals surface area contributed by atoms with Crippen LogP contribution < -0.4 is 0 Å². The average molecular weight is 1920 g/mol. The van der Waals surface area contributed by atoms with Crippen LogP contribution in [-0.2, 0) is 0 Å². The second-order valence-corrected chi connectivity index (χ2v) is 43.1. The van der Waals surface area contributed by atoms with Gasteiger partial charge in [-0.3, -0.25) is 0 Å². The minimum atomic E-state index is 0.892. The highest BCUT2D eigenvalue weighted by Crippen LogP contribution is 2.53. The van der Waals surface area contributed by atoms with Crippen molar-refractivity contribution in [3.8, 4) is 56.1 Å². The lowest BCUT2D eigenvalue weighted by atomic mass is 9.97. The van der Waals surface area contributed by atoms with E-state index in [1.165, 1.54) is 205 Å². The van der Waals surface area contributed by atoms with E-state index in [-0.39, 0.29) is 0 Å². The quantitative estimate of drug-likeness (QED) is 0.160. The fourth-order valence-electron chi connectivity index (χ4n) is 24.0. The summed E-state index contributed by atoms with van der Waals surface area (Å²) < 4.78 is 43.0. The van der Waals surface area contributed by atoms with E-state index in [9.17, 15) is 0 Å². The molecule has 0 unspecified atom stereocenters. The summed E-state index contributed by atoms with van der Waals surface area (Å²) in [4.78, 5) is 0. The molecule has 0 bridgehead atoms. The van der Waals surface area contributed by atoms with Crippen molar-refractivity contribution >= 4 is 311 Å². The van der Waals surface area contributed by atoms with E-state index < -0.39 is 0 Å². The lowest BCUT2D eigenvalue weighted by Crippen LogP contribution is -1.95. The fourth-order valence-corrected chi connectivity index (χ4v) is 29.7. The number of nitrogens with zero attached hydrogens (tertiary/aromatic N) is 4. The fraction of sp³-hybridized carbons (Fsp3) is 0. The van der Waals surface area contributed by atoms with Gasteiger partial charge >= 0.3 is 0 Å². The van der Waals surface area contributed by atoms with Crippen LogP contribution in [0.4, 0.5) is 0 Å². The summed E-state index contributed by atoms with van der Waals surface area (Å²) in [5, 5.41) is 30.0. The van der Waals surface area contributed by atoms with E-state index in [0.717, 1.165) is 105 Å². The maximum Gasteiger partial charge on any atom is 0.143 e. The van der Waals surface area contributed by atoms with Gasteiger partial charge in [-0.15, -0.1) is 56.7 Å². The van der Waals surface area contributed by atoms with E-state index in [1.807, 2.05) is 56.7 Å². The maximum absolute atomic E-state index is 6.74. The molecule has 0 aliphatic heterocycles. The van der Waals surface area contributed by atoms with Crippen molar-refractivity contribution in [1.82, 2.24) is 18.3 Å². The largest absolute Gasteiger partial charge is 0.455 e. The highest BCUT2D eigenvalue weighted by atomic mass is 32.1. The van der Waals surface area contributed by atoms with Crippen LogP contribution in [0.3, 0.4) is 0 Å². The Hall–Kier alpha value is -17.5. The Morgan fingerprint density at radius 1 is 0.139 bits per heavy atom. The maximum atomic E-state index is 6.74. The Morgan fingerprint density at radius 2 is 0.417 bits per heavy atom. The molecule has 0 N–H and O–H groups in total. The molecule has 0 aliphatic carbocycles. The van der Waals surface area contributed by atoms with Crippen LogP contribution >= 0.6 is 56.7 Å². The molecular weight excluding hydrogens is 1850 g/mol. The standard InChI is InChI=1S/C48H28N2OS.2C42H23NOS2/c1-5-18-40-31(11-1)32-12-2-6-19-41(32)49(40)29-23-25-43-38(27-29)33-13-3-7-20-42(33)50(43)30-24-26-44-39(28-30)36-17-9-16-35(48(36)51-44)34-15-10-22-46-47(34)37-14-4-8-21-45(37)52-46;1-4-15-33-30(10-1)40-34(21-20-29-25-9-2-5-16-36(25)46-42(29)40)43(33)24-19-22-35-32(23-24)28-14-7-13-27(41(28)44-35)26-12-8-18-38-39(26)31-11-3-6-17-37(31)45-38;1-4-15-34-25(9-1)31-23-40-33(26-10-2-5-16-37(26)46-40)22-35(31)43(34)24-19-20-36-32(21-24)29-14-7-13-28(42(29)44-36)27-12-8-18-39-41(27)30-11-3-6-17-38(30)45-39/h1-28H;2*1-23H. The van der Waals surface area contributed by atoms with E-state index in [4.69, 9.17) is 13.3 Å². The van der Waals surface area contributed by atoms with Gasteiger partial charge in [0, 0.05) is 216 Å². The first-order valence-corrected chi connectivity index (χ1v) is 52.8. The van der Waals surface area contributed by atoms with Crippen molar-refractivity contribution in [2.75, 3.05) is 0 Å². The molecule has 0 spiro atoms. The van der Waals surface area contributed by atoms with Gasteiger partial charge in [0.05, 0.1) is 44.1 Å². The Bertz CT molecular complexity index is 11500. The third-order valence-electron chi connectivity index (χ3n) is 30.1. The molecule has 12 heterocycles. The molecular formula is C132H74N4O3S5. The molecule has 0 fully saturated rings. The van der Waals surface area contributed by atoms with Gasteiger partial charge < -0.3 is 31.5 Å². The second-order valence-electron chi connectivity index (χ2n) is 37.8. The van der Waals surface area contributed by atoms with Crippen LogP contribution in [0, 0.1) is 0 Å². The third-order valence-corrected chi connectivity index (χ3v) is 35.9. The second kappa shape index (κ2) is 31.0. The van der Waals surface area contributed by atoms with Crippen molar-refractivity contribution in [2.24, 2.45) is 0 Å². The minimum absolute atomic E-state index is 0.892. The number of furan rings is 3. The van der Waals surface area contributed by atoms with Crippen molar-refractivity contribution in [2.45, 2.75) is 0 Å². The zero-order valence-electron chi connectivity index (χ0n) is 76.8. The Balaban J connectivity index is 0.0000000969. The number of fused-ring (bicyclic) bond motifs is 37. The van der Waals surface area contributed by atoms with E-state index in [2.05, 4.69) is 467 Å².